The number of benzene rings is 1. The minimum Gasteiger partial charge on any atom is -0.396 e. The van der Waals surface area contributed by atoms with Gasteiger partial charge in [0.15, 0.2) is 0 Å². The molecule has 0 aliphatic carbocycles. The van der Waals surface area contributed by atoms with Gasteiger partial charge in [-0.05, 0) is 30.5 Å². The van der Waals surface area contributed by atoms with Crippen LogP contribution in [0.5, 0.6) is 0 Å². The number of rotatable bonds is 6. The van der Waals surface area contributed by atoms with Gasteiger partial charge in [-0.2, -0.15) is 9.57 Å². The van der Waals surface area contributed by atoms with E-state index in [0.29, 0.717) is 12.1 Å². The normalized spacial score (nSPS) is 11.9. The summed E-state index contributed by atoms with van der Waals surface area (Å²) >= 11 is 0. The van der Waals surface area contributed by atoms with E-state index in [1.54, 1.807) is 0 Å². The Balaban J connectivity index is 3.28. The van der Waals surface area contributed by atoms with Gasteiger partial charge in [-0.1, -0.05) is 13.8 Å². The number of hydrogen-bond acceptors (Lipinski definition) is 4. The zero-order chi connectivity index (χ0) is 16.2. The predicted octanol–water partition coefficient (Wildman–Crippen LogP) is 2.28. The van der Waals surface area contributed by atoms with Crippen molar-refractivity contribution in [3.8, 4) is 6.07 Å². The first kappa shape index (κ1) is 17.4. The van der Waals surface area contributed by atoms with Crippen LogP contribution in [0.4, 0.5) is 10.1 Å². The van der Waals surface area contributed by atoms with Crippen LogP contribution in [0.3, 0.4) is 0 Å². The summed E-state index contributed by atoms with van der Waals surface area (Å²) in [5.74, 6) is -0.532. The molecule has 0 saturated heterocycles. The Morgan fingerprint density at radius 1 is 1.43 bits per heavy atom. The summed E-state index contributed by atoms with van der Waals surface area (Å²) in [6.07, 6.45) is 0.0989. The number of sulfonamides is 1. The molecule has 2 N–H and O–H groups in total. The molecule has 116 valence electrons. The number of nitrogens with zero attached hydrogens (tertiary/aromatic N) is 2. The SMILES string of the molecule is Cc1cc(F)c(N)cc1S(=O)(=O)N(CCC#N)CC(C)C. The van der Waals surface area contributed by atoms with Gasteiger partial charge < -0.3 is 5.73 Å². The second-order valence-electron chi connectivity index (χ2n) is 5.30. The van der Waals surface area contributed by atoms with E-state index < -0.39 is 15.8 Å². The number of nitrogens with two attached hydrogens (primary N) is 1. The lowest BCUT2D eigenvalue weighted by Crippen LogP contribution is -2.35. The summed E-state index contributed by atoms with van der Waals surface area (Å²) in [7, 11) is -3.80. The molecule has 0 amide bonds. The molecule has 1 aromatic rings. The van der Waals surface area contributed by atoms with E-state index in [-0.39, 0.29) is 29.5 Å². The van der Waals surface area contributed by atoms with Crippen molar-refractivity contribution in [2.75, 3.05) is 18.8 Å². The third-order valence-corrected chi connectivity index (χ3v) is 4.96. The maximum Gasteiger partial charge on any atom is 0.243 e. The maximum atomic E-state index is 13.4. The number of anilines is 1. The fourth-order valence-electron chi connectivity index (χ4n) is 1.98. The summed E-state index contributed by atoms with van der Waals surface area (Å²) in [5, 5.41) is 8.68. The van der Waals surface area contributed by atoms with E-state index in [1.807, 2.05) is 19.9 Å². The van der Waals surface area contributed by atoms with Gasteiger partial charge in [0, 0.05) is 19.5 Å². The minimum absolute atomic E-state index is 0.0139. The predicted molar refractivity (Wildman–Crippen MR) is 79.4 cm³/mol. The van der Waals surface area contributed by atoms with Crippen molar-refractivity contribution in [1.82, 2.24) is 4.31 Å². The Bertz CT molecular complexity index is 651. The number of nitrogen functional groups attached to an aromatic ring is 1. The van der Waals surface area contributed by atoms with Crippen molar-refractivity contribution in [3.63, 3.8) is 0 Å². The Kier molecular flexibility index (Phi) is 5.70. The Morgan fingerprint density at radius 2 is 2.05 bits per heavy atom. The van der Waals surface area contributed by atoms with Crippen LogP contribution >= 0.6 is 0 Å². The summed E-state index contributed by atoms with van der Waals surface area (Å²) < 4.78 is 40.0. The molecule has 0 unspecified atom stereocenters. The van der Waals surface area contributed by atoms with Crippen LogP contribution in [0.2, 0.25) is 0 Å². The smallest absolute Gasteiger partial charge is 0.243 e. The maximum absolute atomic E-state index is 13.4. The lowest BCUT2D eigenvalue weighted by molar-refractivity contribution is 0.372. The van der Waals surface area contributed by atoms with Gasteiger partial charge in [-0.3, -0.25) is 0 Å². The lowest BCUT2D eigenvalue weighted by atomic mass is 10.2. The molecule has 0 aliphatic heterocycles. The summed E-state index contributed by atoms with van der Waals surface area (Å²) in [6, 6.07) is 4.19. The number of hydrogen-bond donors (Lipinski definition) is 1. The molecule has 21 heavy (non-hydrogen) atoms. The second-order valence-corrected chi connectivity index (χ2v) is 7.21. The van der Waals surface area contributed by atoms with Gasteiger partial charge in [0.05, 0.1) is 16.7 Å². The van der Waals surface area contributed by atoms with Crippen molar-refractivity contribution in [3.05, 3.63) is 23.5 Å². The van der Waals surface area contributed by atoms with Crippen LogP contribution in [0.15, 0.2) is 17.0 Å². The fourth-order valence-corrected chi connectivity index (χ4v) is 3.82. The highest BCUT2D eigenvalue weighted by atomic mass is 32.2. The molecule has 0 aliphatic rings. The Labute approximate surface area is 125 Å². The van der Waals surface area contributed by atoms with Gasteiger partial charge >= 0.3 is 0 Å². The quantitative estimate of drug-likeness (QED) is 0.816. The summed E-state index contributed by atoms with van der Waals surface area (Å²) in [4.78, 5) is -0.0139. The molecular formula is C14H20FN3O2S. The van der Waals surface area contributed by atoms with Crippen LogP contribution in [-0.2, 0) is 10.0 Å². The molecule has 5 nitrogen and oxygen atoms in total. The van der Waals surface area contributed by atoms with E-state index in [4.69, 9.17) is 11.0 Å². The van der Waals surface area contributed by atoms with Crippen molar-refractivity contribution in [2.45, 2.75) is 32.1 Å². The summed E-state index contributed by atoms with van der Waals surface area (Å²) in [6.45, 7) is 5.70. The molecule has 0 aromatic heterocycles. The summed E-state index contributed by atoms with van der Waals surface area (Å²) in [5.41, 5.74) is 5.57. The van der Waals surface area contributed by atoms with Gasteiger partial charge in [-0.15, -0.1) is 0 Å². The highest BCUT2D eigenvalue weighted by molar-refractivity contribution is 7.89. The first-order valence-electron chi connectivity index (χ1n) is 6.62. The van der Waals surface area contributed by atoms with Crippen molar-refractivity contribution >= 4 is 15.7 Å². The molecule has 0 fully saturated rings. The molecule has 1 rings (SSSR count). The monoisotopic (exact) mass is 313 g/mol. The van der Waals surface area contributed by atoms with E-state index in [1.165, 1.54) is 11.2 Å². The minimum atomic E-state index is -3.80. The number of halogens is 1. The molecule has 0 bridgehead atoms. The zero-order valence-electron chi connectivity index (χ0n) is 12.4. The molecule has 0 heterocycles. The van der Waals surface area contributed by atoms with E-state index in [2.05, 4.69) is 0 Å². The van der Waals surface area contributed by atoms with Gasteiger partial charge in [-0.25, -0.2) is 12.8 Å². The average Bonchev–Trinajstić information content (AvgIpc) is 2.38. The van der Waals surface area contributed by atoms with Crippen LogP contribution in [0.25, 0.3) is 0 Å². The van der Waals surface area contributed by atoms with Crippen LogP contribution < -0.4 is 5.73 Å². The molecule has 1 aromatic carbocycles. The molecular weight excluding hydrogens is 293 g/mol. The second kappa shape index (κ2) is 6.87. The highest BCUT2D eigenvalue weighted by Gasteiger charge is 2.27. The van der Waals surface area contributed by atoms with Crippen LogP contribution in [0, 0.1) is 30.0 Å². The molecule has 0 radical (unpaired) electrons. The fraction of sp³-hybridized carbons (Fsp3) is 0.500. The Morgan fingerprint density at radius 3 is 2.57 bits per heavy atom. The first-order valence-corrected chi connectivity index (χ1v) is 8.07. The Hall–Kier alpha value is -1.65. The standard InChI is InChI=1S/C14H20FN3O2S/c1-10(2)9-18(6-4-5-16)21(19,20)14-8-13(17)12(15)7-11(14)3/h7-8,10H,4,6,9,17H2,1-3H3. The van der Waals surface area contributed by atoms with E-state index in [0.717, 1.165) is 12.1 Å². The molecule has 0 saturated carbocycles. The topological polar surface area (TPSA) is 87.2 Å². The molecule has 7 heteroatoms. The van der Waals surface area contributed by atoms with Crippen LogP contribution in [0.1, 0.15) is 25.8 Å². The highest BCUT2D eigenvalue weighted by Crippen LogP contribution is 2.25. The zero-order valence-corrected chi connectivity index (χ0v) is 13.2. The van der Waals surface area contributed by atoms with E-state index in [9.17, 15) is 12.8 Å². The van der Waals surface area contributed by atoms with E-state index >= 15 is 0 Å². The third-order valence-electron chi connectivity index (χ3n) is 2.95. The molecule has 0 spiro atoms. The van der Waals surface area contributed by atoms with Gasteiger partial charge in [0.2, 0.25) is 10.0 Å². The van der Waals surface area contributed by atoms with Gasteiger partial charge in [0.25, 0.3) is 0 Å². The lowest BCUT2D eigenvalue weighted by Gasteiger charge is -2.24. The number of nitriles is 1. The third kappa shape index (κ3) is 4.16. The van der Waals surface area contributed by atoms with Crippen LogP contribution in [-0.4, -0.2) is 25.8 Å². The largest absolute Gasteiger partial charge is 0.396 e. The number of aryl methyl sites for hydroxylation is 1. The average molecular weight is 313 g/mol. The first-order chi connectivity index (χ1) is 9.70. The van der Waals surface area contributed by atoms with Gasteiger partial charge in [0.1, 0.15) is 5.82 Å². The van der Waals surface area contributed by atoms with Crippen molar-refractivity contribution < 1.29 is 12.8 Å². The van der Waals surface area contributed by atoms with Crippen molar-refractivity contribution in [2.24, 2.45) is 5.92 Å². The van der Waals surface area contributed by atoms with Crippen molar-refractivity contribution in [1.29, 1.82) is 5.26 Å². The molecule has 0 atom stereocenters.